The average Bonchev–Trinajstić information content (AvgIpc) is 2.88. The fourth-order valence-corrected chi connectivity index (χ4v) is 5.58. The summed E-state index contributed by atoms with van der Waals surface area (Å²) in [6.07, 6.45) is -5.74. The van der Waals surface area contributed by atoms with Gasteiger partial charge in [-0.2, -0.15) is 13.6 Å². The van der Waals surface area contributed by atoms with Crippen molar-refractivity contribution in [3.8, 4) is 11.8 Å². The van der Waals surface area contributed by atoms with Crippen LogP contribution in [0.2, 0.25) is 0 Å². The Bertz CT molecular complexity index is 1240. The summed E-state index contributed by atoms with van der Waals surface area (Å²) < 4.78 is 79.5. The summed E-state index contributed by atoms with van der Waals surface area (Å²) in [4.78, 5) is 49.0. The molecule has 1 saturated heterocycles. The van der Waals surface area contributed by atoms with E-state index in [-0.39, 0.29) is 5.82 Å². The molecule has 21 heteroatoms. The van der Waals surface area contributed by atoms with Crippen LogP contribution in [0.25, 0.3) is 0 Å². The first kappa shape index (κ1) is 24.9. The SMILES string of the molecule is [2H]C([2H])(OP(=O)(O)OP(=O)(O)OP(=O)(O)O)[C@H]1O[C@@H](n2ccc(N)nc2=O)C(Cl)(C#CCF)[C@H]1O. The van der Waals surface area contributed by atoms with Gasteiger partial charge >= 0.3 is 29.2 Å². The van der Waals surface area contributed by atoms with Gasteiger partial charge in [0.05, 0.1) is 9.30 Å². The first-order chi connectivity index (χ1) is 15.7. The Morgan fingerprint density at radius 3 is 2.52 bits per heavy atom. The van der Waals surface area contributed by atoms with E-state index in [1.165, 1.54) is 0 Å². The number of phosphoric acid groups is 3. The van der Waals surface area contributed by atoms with Crippen LogP contribution in [0.15, 0.2) is 17.1 Å². The van der Waals surface area contributed by atoms with Crippen molar-refractivity contribution in [2.45, 2.75) is 23.3 Å². The molecule has 0 spiro atoms. The maximum atomic E-state index is 12.7. The van der Waals surface area contributed by atoms with Crippen LogP contribution in [0.1, 0.15) is 8.97 Å². The average molecular weight is 560 g/mol. The highest BCUT2D eigenvalue weighted by molar-refractivity contribution is 7.66. The summed E-state index contributed by atoms with van der Waals surface area (Å²) in [5.41, 5.74) is 4.24. The van der Waals surface area contributed by atoms with E-state index >= 15 is 0 Å². The molecule has 0 bridgehead atoms. The quantitative estimate of drug-likeness (QED) is 0.132. The van der Waals surface area contributed by atoms with E-state index in [1.54, 1.807) is 0 Å². The lowest BCUT2D eigenvalue weighted by Crippen LogP contribution is -2.43. The summed E-state index contributed by atoms with van der Waals surface area (Å²) in [5.74, 6) is 3.66. The van der Waals surface area contributed by atoms with Gasteiger partial charge in [0.2, 0.25) is 0 Å². The topological polar surface area (TPSA) is 250 Å². The van der Waals surface area contributed by atoms with Gasteiger partial charge in [-0.1, -0.05) is 23.4 Å². The van der Waals surface area contributed by atoms with Gasteiger partial charge in [0.15, 0.2) is 11.1 Å². The van der Waals surface area contributed by atoms with Crippen molar-refractivity contribution < 1.29 is 63.4 Å². The van der Waals surface area contributed by atoms with Gasteiger partial charge in [-0.15, -0.1) is 0 Å². The maximum absolute atomic E-state index is 12.7. The van der Waals surface area contributed by atoms with Crippen LogP contribution in [-0.2, 0) is 31.6 Å². The number of phosphoric ester groups is 1. The molecule has 6 atom stereocenters. The molecule has 1 fully saturated rings. The van der Waals surface area contributed by atoms with E-state index in [4.69, 9.17) is 34.6 Å². The molecule has 33 heavy (non-hydrogen) atoms. The van der Waals surface area contributed by atoms with E-state index in [0.717, 1.165) is 12.3 Å². The van der Waals surface area contributed by atoms with Gasteiger partial charge in [-0.25, -0.2) is 22.9 Å². The van der Waals surface area contributed by atoms with Crippen molar-refractivity contribution in [2.24, 2.45) is 0 Å². The van der Waals surface area contributed by atoms with Crippen LogP contribution in [0.3, 0.4) is 0 Å². The molecule has 0 aromatic carbocycles. The van der Waals surface area contributed by atoms with Crippen molar-refractivity contribution in [3.63, 3.8) is 0 Å². The number of ether oxygens (including phenoxy) is 1. The normalized spacial score (nSPS) is 30.3. The molecular weight excluding hydrogens is 542 g/mol. The highest BCUT2D eigenvalue weighted by Crippen LogP contribution is 2.66. The fraction of sp³-hybridized carbons (Fsp3) is 0.500. The van der Waals surface area contributed by atoms with Crippen LogP contribution < -0.4 is 11.4 Å². The molecule has 1 aliphatic rings. The summed E-state index contributed by atoms with van der Waals surface area (Å²) in [5, 5.41) is 10.6. The highest BCUT2D eigenvalue weighted by atomic mass is 35.5. The fourth-order valence-electron chi connectivity index (χ4n) is 2.36. The lowest BCUT2D eigenvalue weighted by atomic mass is 9.99. The Labute approximate surface area is 191 Å². The number of halogens is 2. The van der Waals surface area contributed by atoms with Crippen molar-refractivity contribution in [2.75, 3.05) is 19.0 Å². The first-order valence-electron chi connectivity index (χ1n) is 9.01. The summed E-state index contributed by atoms with van der Waals surface area (Å²) in [7, 11) is -17.8. The molecule has 2 heterocycles. The Morgan fingerprint density at radius 2 is 1.97 bits per heavy atom. The van der Waals surface area contributed by atoms with Crippen LogP contribution in [-0.4, -0.2) is 64.5 Å². The summed E-state index contributed by atoms with van der Waals surface area (Å²) in [6, 6.07) is 1.07. The zero-order valence-electron chi connectivity index (χ0n) is 17.7. The smallest absolute Gasteiger partial charge is 0.387 e. The molecule has 0 saturated carbocycles. The number of rotatable bonds is 8. The minimum Gasteiger partial charge on any atom is -0.387 e. The number of anilines is 1. The third kappa shape index (κ3) is 7.38. The van der Waals surface area contributed by atoms with Gasteiger partial charge in [0.1, 0.15) is 24.7 Å². The number of nitrogens with two attached hydrogens (primary N) is 1. The molecule has 3 unspecified atom stereocenters. The van der Waals surface area contributed by atoms with Crippen molar-refractivity contribution in [1.82, 2.24) is 9.55 Å². The third-order valence-electron chi connectivity index (χ3n) is 3.50. The molecule has 16 nitrogen and oxygen atoms in total. The minimum absolute atomic E-state index is 0.251. The summed E-state index contributed by atoms with van der Waals surface area (Å²) in [6.45, 7) is -4.97. The van der Waals surface area contributed by atoms with Gasteiger partial charge in [-0.05, 0) is 6.07 Å². The van der Waals surface area contributed by atoms with Crippen molar-refractivity contribution in [1.29, 1.82) is 0 Å². The molecule has 1 aromatic rings. The standard InChI is InChI=1S/C12H16ClFN3O13P3/c13-12(3-1-4-14)9(18)7(28-10(12)17-5-2-8(15)16-11(17)19)6-27-32(23,24)30-33(25,26)29-31(20,21)22/h2,5,7,9-10,18H,4,6H2,(H,23,24)(H,25,26)(H2,15,16,19)(H2,20,21,22)/t7-,9+,10-,12?/m1/s1/i6D2. The Kier molecular flexibility index (Phi) is 7.69. The number of aliphatic hydroxyl groups excluding tert-OH is 1. The molecule has 1 aliphatic heterocycles. The van der Waals surface area contributed by atoms with E-state index < -0.39 is 65.7 Å². The van der Waals surface area contributed by atoms with Crippen LogP contribution in [0, 0.1) is 11.8 Å². The zero-order valence-corrected chi connectivity index (χ0v) is 19.1. The Hall–Kier alpha value is -1.21. The number of nitrogens with zero attached hydrogens (tertiary/aromatic N) is 2. The van der Waals surface area contributed by atoms with E-state index in [9.17, 15) is 37.8 Å². The van der Waals surface area contributed by atoms with Gasteiger partial charge in [-0.3, -0.25) is 9.09 Å². The second kappa shape index (κ2) is 10.2. The van der Waals surface area contributed by atoms with E-state index in [0.29, 0.717) is 4.57 Å². The van der Waals surface area contributed by atoms with Crippen LogP contribution in [0.4, 0.5) is 10.2 Å². The van der Waals surface area contributed by atoms with E-state index in [1.807, 2.05) is 11.8 Å². The molecule has 2 rings (SSSR count). The van der Waals surface area contributed by atoms with Crippen LogP contribution >= 0.6 is 35.1 Å². The Balaban J connectivity index is 2.43. The summed E-state index contributed by atoms with van der Waals surface area (Å²) >= 11 is 6.25. The number of alkyl halides is 2. The molecule has 1 aromatic heterocycles. The molecule has 7 N–H and O–H groups in total. The van der Waals surface area contributed by atoms with Gasteiger partial charge in [0.25, 0.3) is 0 Å². The van der Waals surface area contributed by atoms with Crippen LogP contribution in [0.5, 0.6) is 0 Å². The number of hydrogen-bond donors (Lipinski definition) is 6. The van der Waals surface area contributed by atoms with Gasteiger partial charge < -0.3 is 35.2 Å². The lowest BCUT2D eigenvalue weighted by Gasteiger charge is -2.25. The number of hydrogen-bond acceptors (Lipinski definition) is 11. The monoisotopic (exact) mass is 559 g/mol. The number of aromatic nitrogens is 2. The predicted octanol–water partition coefficient (Wildman–Crippen LogP) is -0.622. The zero-order chi connectivity index (χ0) is 27.0. The maximum Gasteiger partial charge on any atom is 0.490 e. The van der Waals surface area contributed by atoms with Gasteiger partial charge in [0, 0.05) is 6.20 Å². The molecule has 0 aliphatic carbocycles. The highest BCUT2D eigenvalue weighted by Gasteiger charge is 2.56. The second-order valence-corrected chi connectivity index (χ2v) is 10.9. The Morgan fingerprint density at radius 1 is 1.33 bits per heavy atom. The van der Waals surface area contributed by atoms with Crippen molar-refractivity contribution in [3.05, 3.63) is 22.7 Å². The predicted molar refractivity (Wildman–Crippen MR) is 105 cm³/mol. The van der Waals surface area contributed by atoms with Crippen molar-refractivity contribution >= 4 is 40.9 Å². The third-order valence-corrected chi connectivity index (χ3v) is 7.67. The second-order valence-electron chi connectivity index (χ2n) is 5.90. The number of nitrogen functional groups attached to an aromatic ring is 1. The number of aliphatic hydroxyl groups is 1. The minimum atomic E-state index is -6.06. The van der Waals surface area contributed by atoms with E-state index in [2.05, 4.69) is 18.1 Å². The molecule has 186 valence electrons. The largest absolute Gasteiger partial charge is 0.490 e. The lowest BCUT2D eigenvalue weighted by molar-refractivity contribution is -0.0455. The molecule has 0 amide bonds. The molecule has 0 radical (unpaired) electrons. The molecular formula is C12H16ClFN3O13P3. The first-order valence-corrected chi connectivity index (χ1v) is 12.9.